The van der Waals surface area contributed by atoms with E-state index in [0.717, 1.165) is 32.2 Å². The van der Waals surface area contributed by atoms with Gasteiger partial charge in [-0.2, -0.15) is 0 Å². The molecule has 0 unspecified atom stereocenters. The fraction of sp³-hybridized carbons (Fsp3) is 0.833. The molecular formula is C12H17NO3. The van der Waals surface area contributed by atoms with Gasteiger partial charge in [-0.05, 0) is 38.6 Å². The van der Waals surface area contributed by atoms with Crippen molar-refractivity contribution in [2.75, 3.05) is 6.54 Å². The predicted octanol–water partition coefficient (Wildman–Crippen LogP) is 0.903. The highest BCUT2D eigenvalue weighted by atomic mass is 16.4. The minimum atomic E-state index is -0.724. The van der Waals surface area contributed by atoms with Gasteiger partial charge in [0.2, 0.25) is 0 Å². The van der Waals surface area contributed by atoms with Gasteiger partial charge >= 0.3 is 5.97 Å². The lowest BCUT2D eigenvalue weighted by Gasteiger charge is -2.32. The number of carboxylic acid groups (broad SMARTS) is 1. The third-order valence-corrected chi connectivity index (χ3v) is 4.58. The number of ketones is 1. The quantitative estimate of drug-likeness (QED) is 0.717. The molecule has 3 fully saturated rings. The maximum absolute atomic E-state index is 12.2. The molecule has 2 aliphatic heterocycles. The molecule has 88 valence electrons. The first-order valence-corrected chi connectivity index (χ1v) is 6.21. The molecule has 1 saturated carbocycles. The Bertz CT molecular complexity index is 341. The maximum atomic E-state index is 12.2. The number of hydrogen-bond acceptors (Lipinski definition) is 3. The Morgan fingerprint density at radius 2 is 2.12 bits per heavy atom. The third kappa shape index (κ3) is 1.32. The highest BCUT2D eigenvalue weighted by molar-refractivity contribution is 5.90. The zero-order chi connectivity index (χ0) is 11.3. The second-order valence-electron chi connectivity index (χ2n) is 5.32. The van der Waals surface area contributed by atoms with E-state index in [1.54, 1.807) is 0 Å². The smallest absolute Gasteiger partial charge is 0.306 e. The van der Waals surface area contributed by atoms with Gasteiger partial charge in [-0.15, -0.1) is 0 Å². The monoisotopic (exact) mass is 223 g/mol. The van der Waals surface area contributed by atoms with Crippen LogP contribution in [0.2, 0.25) is 0 Å². The summed E-state index contributed by atoms with van der Waals surface area (Å²) < 4.78 is 0. The fourth-order valence-electron chi connectivity index (χ4n) is 3.82. The lowest BCUT2D eigenvalue weighted by atomic mass is 9.77. The summed E-state index contributed by atoms with van der Waals surface area (Å²) in [6.45, 7) is 1.04. The fourth-order valence-corrected chi connectivity index (χ4v) is 3.82. The second kappa shape index (κ2) is 3.55. The molecule has 2 saturated heterocycles. The first-order valence-electron chi connectivity index (χ1n) is 6.21. The number of carboxylic acids is 1. The first kappa shape index (κ1) is 10.3. The first-order chi connectivity index (χ1) is 7.68. The van der Waals surface area contributed by atoms with Crippen molar-refractivity contribution in [3.05, 3.63) is 0 Å². The molecule has 4 atom stereocenters. The van der Waals surface area contributed by atoms with Crippen LogP contribution in [0.1, 0.15) is 32.1 Å². The molecule has 0 spiro atoms. The number of carbonyl (C=O) groups excluding carboxylic acids is 1. The van der Waals surface area contributed by atoms with Crippen LogP contribution >= 0.6 is 0 Å². The molecule has 1 N–H and O–H groups in total. The minimum Gasteiger partial charge on any atom is -0.481 e. The molecule has 4 nitrogen and oxygen atoms in total. The maximum Gasteiger partial charge on any atom is 0.306 e. The zero-order valence-electron chi connectivity index (χ0n) is 9.26. The van der Waals surface area contributed by atoms with Crippen molar-refractivity contribution in [1.29, 1.82) is 0 Å². The van der Waals surface area contributed by atoms with Crippen LogP contribution in [0, 0.1) is 11.8 Å². The van der Waals surface area contributed by atoms with E-state index in [0.29, 0.717) is 18.2 Å². The third-order valence-electron chi connectivity index (χ3n) is 4.58. The lowest BCUT2D eigenvalue weighted by Crippen LogP contribution is -2.38. The van der Waals surface area contributed by atoms with Crippen LogP contribution in [0.5, 0.6) is 0 Å². The average molecular weight is 223 g/mol. The Morgan fingerprint density at radius 3 is 2.88 bits per heavy atom. The van der Waals surface area contributed by atoms with Gasteiger partial charge in [-0.25, -0.2) is 0 Å². The van der Waals surface area contributed by atoms with Crippen LogP contribution in [0.4, 0.5) is 0 Å². The summed E-state index contributed by atoms with van der Waals surface area (Å²) >= 11 is 0. The minimum absolute atomic E-state index is 0.0140. The number of rotatable bonds is 1. The molecular weight excluding hydrogens is 206 g/mol. The van der Waals surface area contributed by atoms with Gasteiger partial charge in [0.05, 0.1) is 12.0 Å². The summed E-state index contributed by atoms with van der Waals surface area (Å²) in [6, 6.07) is 0.484. The summed E-state index contributed by atoms with van der Waals surface area (Å²) in [4.78, 5) is 25.5. The number of carbonyl (C=O) groups is 2. The van der Waals surface area contributed by atoms with E-state index in [2.05, 4.69) is 4.90 Å². The van der Waals surface area contributed by atoms with E-state index in [1.165, 1.54) is 0 Å². The van der Waals surface area contributed by atoms with E-state index in [9.17, 15) is 9.59 Å². The second-order valence-corrected chi connectivity index (χ2v) is 5.32. The lowest BCUT2D eigenvalue weighted by molar-refractivity contribution is -0.143. The van der Waals surface area contributed by atoms with Crippen molar-refractivity contribution < 1.29 is 14.7 Å². The summed E-state index contributed by atoms with van der Waals surface area (Å²) in [7, 11) is 0. The molecule has 3 aliphatic rings. The van der Waals surface area contributed by atoms with Crippen molar-refractivity contribution in [3.8, 4) is 0 Å². The normalized spacial score (nSPS) is 43.1. The summed E-state index contributed by atoms with van der Waals surface area (Å²) in [6.07, 6.45) is 4.33. The van der Waals surface area contributed by atoms with E-state index in [-0.39, 0.29) is 17.9 Å². The summed E-state index contributed by atoms with van der Waals surface area (Å²) in [5.41, 5.74) is 0. The van der Waals surface area contributed by atoms with Crippen molar-refractivity contribution in [2.45, 2.75) is 44.2 Å². The van der Waals surface area contributed by atoms with Crippen LogP contribution < -0.4 is 0 Å². The molecule has 0 aromatic rings. The molecule has 0 amide bonds. The van der Waals surface area contributed by atoms with Gasteiger partial charge < -0.3 is 5.11 Å². The average Bonchev–Trinajstić information content (AvgIpc) is 2.83. The topological polar surface area (TPSA) is 57.6 Å². The van der Waals surface area contributed by atoms with E-state index < -0.39 is 5.97 Å². The number of Topliss-reactive ketones (excluding diaryl/α,β-unsaturated/α-hetero) is 1. The molecule has 0 aromatic carbocycles. The SMILES string of the molecule is O=C(O)[C@@H]1CC[C@@H]2[C@H](C1)C(=O)[C@H]1CCCN12. The highest BCUT2D eigenvalue weighted by Gasteiger charge is 2.52. The van der Waals surface area contributed by atoms with Gasteiger partial charge in [-0.3, -0.25) is 14.5 Å². The number of aliphatic carboxylic acids is 1. The van der Waals surface area contributed by atoms with Crippen LogP contribution in [-0.4, -0.2) is 40.4 Å². The molecule has 0 aromatic heterocycles. The Labute approximate surface area is 94.6 Å². The zero-order valence-corrected chi connectivity index (χ0v) is 9.26. The van der Waals surface area contributed by atoms with Crippen molar-refractivity contribution >= 4 is 11.8 Å². The van der Waals surface area contributed by atoms with E-state index >= 15 is 0 Å². The number of nitrogens with zero attached hydrogens (tertiary/aromatic N) is 1. The summed E-state index contributed by atoms with van der Waals surface area (Å²) in [5.74, 6) is -0.669. The van der Waals surface area contributed by atoms with Gasteiger partial charge in [0.15, 0.2) is 5.78 Å². The van der Waals surface area contributed by atoms with Gasteiger partial charge in [0.1, 0.15) is 0 Å². The van der Waals surface area contributed by atoms with Crippen molar-refractivity contribution in [3.63, 3.8) is 0 Å². The van der Waals surface area contributed by atoms with Gasteiger partial charge in [0, 0.05) is 12.0 Å². The van der Waals surface area contributed by atoms with Crippen LogP contribution in [-0.2, 0) is 9.59 Å². The molecule has 4 heteroatoms. The van der Waals surface area contributed by atoms with Gasteiger partial charge in [0.25, 0.3) is 0 Å². The highest BCUT2D eigenvalue weighted by Crippen LogP contribution is 2.43. The van der Waals surface area contributed by atoms with Crippen LogP contribution in [0.25, 0.3) is 0 Å². The molecule has 0 bridgehead atoms. The Kier molecular flexibility index (Phi) is 2.28. The molecule has 16 heavy (non-hydrogen) atoms. The Hall–Kier alpha value is -0.900. The molecule has 2 heterocycles. The predicted molar refractivity (Wildman–Crippen MR) is 57.0 cm³/mol. The van der Waals surface area contributed by atoms with Crippen molar-refractivity contribution in [1.82, 2.24) is 4.90 Å². The van der Waals surface area contributed by atoms with E-state index in [1.807, 2.05) is 0 Å². The Balaban J connectivity index is 1.80. The Morgan fingerprint density at radius 1 is 1.31 bits per heavy atom. The molecule has 3 rings (SSSR count). The molecule has 1 aliphatic carbocycles. The largest absolute Gasteiger partial charge is 0.481 e. The summed E-state index contributed by atoms with van der Waals surface area (Å²) in [5, 5.41) is 9.02. The standard InChI is InChI=1S/C12H17NO3/c14-11-8-6-7(12(15)16)3-4-9(8)13-5-1-2-10(11)13/h7-10H,1-6H2,(H,15,16)/t7-,8+,9-,10-/m1/s1. The van der Waals surface area contributed by atoms with Crippen LogP contribution in [0.15, 0.2) is 0 Å². The van der Waals surface area contributed by atoms with Gasteiger partial charge in [-0.1, -0.05) is 0 Å². The number of hydrogen-bond donors (Lipinski definition) is 1. The number of fused-ring (bicyclic) bond motifs is 3. The van der Waals surface area contributed by atoms with E-state index in [4.69, 9.17) is 5.11 Å². The van der Waals surface area contributed by atoms with Crippen LogP contribution in [0.3, 0.4) is 0 Å². The molecule has 0 radical (unpaired) electrons. The van der Waals surface area contributed by atoms with Crippen molar-refractivity contribution in [2.24, 2.45) is 11.8 Å².